The summed E-state index contributed by atoms with van der Waals surface area (Å²) in [6, 6.07) is 0. The minimum absolute atomic E-state index is 0.698. The van der Waals surface area contributed by atoms with Crippen molar-refractivity contribution >= 4 is 12.1 Å². The summed E-state index contributed by atoms with van der Waals surface area (Å²) in [5, 5.41) is 5.84. The summed E-state index contributed by atoms with van der Waals surface area (Å²) in [6.07, 6.45) is 9.50. The first kappa shape index (κ1) is 5.41. The van der Waals surface area contributed by atoms with Gasteiger partial charge >= 0.3 is 0 Å². The number of hydrazone groups is 1. The molecule has 3 heteroatoms. The van der Waals surface area contributed by atoms with E-state index >= 15 is 0 Å². The minimum Gasteiger partial charge on any atom is -0.261 e. The van der Waals surface area contributed by atoms with Crippen molar-refractivity contribution in [3.05, 3.63) is 24.4 Å². The monoisotopic (exact) mass is 133 g/mol. The maximum Gasteiger partial charge on any atom is 0.149 e. The van der Waals surface area contributed by atoms with E-state index in [2.05, 4.69) is 10.1 Å². The largest absolute Gasteiger partial charge is 0.261 e. The van der Waals surface area contributed by atoms with E-state index in [0.29, 0.717) is 6.54 Å². The van der Waals surface area contributed by atoms with Gasteiger partial charge in [-0.15, -0.1) is 0 Å². The molecule has 3 nitrogen and oxygen atoms in total. The third-order valence-electron chi connectivity index (χ3n) is 1.36. The summed E-state index contributed by atoms with van der Waals surface area (Å²) in [5.41, 5.74) is 0. The van der Waals surface area contributed by atoms with E-state index in [0.717, 1.165) is 5.84 Å². The van der Waals surface area contributed by atoms with Gasteiger partial charge in [0.05, 0.1) is 6.54 Å². The summed E-state index contributed by atoms with van der Waals surface area (Å²) in [4.78, 5) is 4.21. The van der Waals surface area contributed by atoms with Crippen LogP contribution < -0.4 is 0 Å². The minimum atomic E-state index is 0.698. The van der Waals surface area contributed by atoms with Crippen molar-refractivity contribution < 1.29 is 0 Å². The summed E-state index contributed by atoms with van der Waals surface area (Å²) in [7, 11) is 0. The van der Waals surface area contributed by atoms with Gasteiger partial charge in [0.2, 0.25) is 0 Å². The SMILES string of the molecule is C1=CC2=NCC=NN2C=C1. The first-order valence-corrected chi connectivity index (χ1v) is 3.18. The van der Waals surface area contributed by atoms with Crippen molar-refractivity contribution in [2.75, 3.05) is 6.54 Å². The Morgan fingerprint density at radius 3 is 3.30 bits per heavy atom. The van der Waals surface area contributed by atoms with Gasteiger partial charge in [0, 0.05) is 12.4 Å². The molecule has 0 bridgehead atoms. The topological polar surface area (TPSA) is 28.0 Å². The number of allylic oxidation sites excluding steroid dienone is 2. The predicted octanol–water partition coefficient (Wildman–Crippen LogP) is 0.770. The van der Waals surface area contributed by atoms with Crippen LogP contribution in [0, 0.1) is 0 Å². The fraction of sp³-hybridized carbons (Fsp3) is 0.143. The summed E-state index contributed by atoms with van der Waals surface area (Å²) in [5.74, 6) is 0.921. The van der Waals surface area contributed by atoms with Gasteiger partial charge in [-0.1, -0.05) is 6.08 Å². The van der Waals surface area contributed by atoms with E-state index < -0.39 is 0 Å². The van der Waals surface area contributed by atoms with Crippen molar-refractivity contribution in [2.24, 2.45) is 10.1 Å². The van der Waals surface area contributed by atoms with Gasteiger partial charge in [0.25, 0.3) is 0 Å². The third-order valence-corrected chi connectivity index (χ3v) is 1.36. The highest BCUT2D eigenvalue weighted by atomic mass is 15.5. The Balaban J connectivity index is 2.33. The molecule has 2 aliphatic heterocycles. The molecule has 0 aromatic carbocycles. The van der Waals surface area contributed by atoms with Crippen molar-refractivity contribution in [2.45, 2.75) is 0 Å². The van der Waals surface area contributed by atoms with Gasteiger partial charge in [0.15, 0.2) is 0 Å². The Kier molecular flexibility index (Phi) is 1.13. The normalized spacial score (nSPS) is 20.8. The van der Waals surface area contributed by atoms with Gasteiger partial charge < -0.3 is 0 Å². The number of nitrogens with zero attached hydrogens (tertiary/aromatic N) is 3. The lowest BCUT2D eigenvalue weighted by atomic mass is 10.3. The highest BCUT2D eigenvalue weighted by Gasteiger charge is 2.07. The van der Waals surface area contributed by atoms with Gasteiger partial charge in [-0.25, -0.2) is 5.01 Å². The van der Waals surface area contributed by atoms with E-state index in [-0.39, 0.29) is 0 Å². The molecule has 0 spiro atoms. The van der Waals surface area contributed by atoms with Crippen LogP contribution in [0.5, 0.6) is 0 Å². The lowest BCUT2D eigenvalue weighted by Crippen LogP contribution is -2.23. The van der Waals surface area contributed by atoms with Crippen molar-refractivity contribution in [3.63, 3.8) is 0 Å². The molecular formula is C7H7N3. The molecule has 2 aliphatic rings. The van der Waals surface area contributed by atoms with Crippen LogP contribution in [-0.4, -0.2) is 23.6 Å². The zero-order valence-corrected chi connectivity index (χ0v) is 5.44. The van der Waals surface area contributed by atoms with Crippen molar-refractivity contribution in [3.8, 4) is 0 Å². The Morgan fingerprint density at radius 1 is 1.40 bits per heavy atom. The zero-order chi connectivity index (χ0) is 6.81. The molecule has 0 saturated carbocycles. The second-order valence-electron chi connectivity index (χ2n) is 2.04. The van der Waals surface area contributed by atoms with Gasteiger partial charge in [-0.05, 0) is 12.2 Å². The Bertz CT molecular complexity index is 248. The van der Waals surface area contributed by atoms with Crippen LogP contribution >= 0.6 is 0 Å². The molecule has 0 atom stereocenters. The van der Waals surface area contributed by atoms with Crippen LogP contribution in [0.25, 0.3) is 0 Å². The molecule has 0 unspecified atom stereocenters. The number of aliphatic imine (C=N–C) groups is 1. The molecule has 2 heterocycles. The molecule has 50 valence electrons. The Hall–Kier alpha value is -1.38. The molecule has 0 saturated heterocycles. The van der Waals surface area contributed by atoms with Crippen LogP contribution in [0.1, 0.15) is 0 Å². The lowest BCUT2D eigenvalue weighted by Gasteiger charge is -2.18. The Morgan fingerprint density at radius 2 is 2.40 bits per heavy atom. The number of hydrogen-bond acceptors (Lipinski definition) is 3. The average Bonchev–Trinajstić information content (AvgIpc) is 2.05. The van der Waals surface area contributed by atoms with Gasteiger partial charge in [-0.3, -0.25) is 4.99 Å². The second-order valence-corrected chi connectivity index (χ2v) is 2.04. The van der Waals surface area contributed by atoms with E-state index in [1.807, 2.05) is 24.4 Å². The van der Waals surface area contributed by atoms with Crippen LogP contribution in [0.3, 0.4) is 0 Å². The molecule has 0 aromatic rings. The first-order chi connectivity index (χ1) is 4.97. The maximum absolute atomic E-state index is 4.21. The molecule has 0 aliphatic carbocycles. The highest BCUT2D eigenvalue weighted by Crippen LogP contribution is 2.04. The lowest BCUT2D eigenvalue weighted by molar-refractivity contribution is 0.594. The molecule has 0 fully saturated rings. The standard InChI is InChI=1S/C7H7N3/c1-2-6-10-7(3-1)8-4-5-9-10/h1-3,5-6H,4H2. The number of amidine groups is 1. The Labute approximate surface area is 59.1 Å². The van der Waals surface area contributed by atoms with Crippen LogP contribution in [0.2, 0.25) is 0 Å². The zero-order valence-electron chi connectivity index (χ0n) is 5.44. The van der Waals surface area contributed by atoms with Gasteiger partial charge in [-0.2, -0.15) is 5.10 Å². The van der Waals surface area contributed by atoms with E-state index in [1.54, 1.807) is 11.2 Å². The van der Waals surface area contributed by atoms with E-state index in [4.69, 9.17) is 0 Å². The summed E-state index contributed by atoms with van der Waals surface area (Å²) in [6.45, 7) is 0.698. The van der Waals surface area contributed by atoms with Crippen LogP contribution in [-0.2, 0) is 0 Å². The fourth-order valence-corrected chi connectivity index (χ4v) is 0.907. The molecule has 0 radical (unpaired) electrons. The average molecular weight is 133 g/mol. The number of rotatable bonds is 0. The quantitative estimate of drug-likeness (QED) is 0.479. The predicted molar refractivity (Wildman–Crippen MR) is 40.9 cm³/mol. The van der Waals surface area contributed by atoms with Crippen LogP contribution in [0.4, 0.5) is 0 Å². The van der Waals surface area contributed by atoms with Crippen molar-refractivity contribution in [1.29, 1.82) is 0 Å². The summed E-state index contributed by atoms with van der Waals surface area (Å²) < 4.78 is 0. The van der Waals surface area contributed by atoms with Crippen LogP contribution in [0.15, 0.2) is 34.5 Å². The fourth-order valence-electron chi connectivity index (χ4n) is 0.907. The highest BCUT2D eigenvalue weighted by molar-refractivity contribution is 5.96. The third kappa shape index (κ3) is 0.757. The summed E-state index contributed by atoms with van der Waals surface area (Å²) >= 11 is 0. The smallest absolute Gasteiger partial charge is 0.149 e. The van der Waals surface area contributed by atoms with Gasteiger partial charge in [0.1, 0.15) is 5.84 Å². The number of hydrogen-bond donors (Lipinski definition) is 0. The second kappa shape index (κ2) is 2.10. The molecule has 0 amide bonds. The van der Waals surface area contributed by atoms with Crippen molar-refractivity contribution in [1.82, 2.24) is 5.01 Å². The molecule has 10 heavy (non-hydrogen) atoms. The number of fused-ring (bicyclic) bond motifs is 1. The molecule has 0 aromatic heterocycles. The maximum atomic E-state index is 4.21. The molecule has 0 N–H and O–H groups in total. The van der Waals surface area contributed by atoms with E-state index in [1.165, 1.54) is 0 Å². The molecule has 2 rings (SSSR count). The first-order valence-electron chi connectivity index (χ1n) is 3.18. The van der Waals surface area contributed by atoms with E-state index in [9.17, 15) is 0 Å². The molecular weight excluding hydrogens is 126 g/mol.